The van der Waals surface area contributed by atoms with Crippen molar-refractivity contribution in [3.05, 3.63) is 50.1 Å². The van der Waals surface area contributed by atoms with Crippen molar-refractivity contribution >= 4 is 46.1 Å². The lowest BCUT2D eigenvalue weighted by Gasteiger charge is -2.06. The Morgan fingerprint density at radius 1 is 1.28 bits per heavy atom. The Morgan fingerprint density at radius 2 is 2.06 bits per heavy atom. The molecule has 0 aliphatic rings. The van der Waals surface area contributed by atoms with E-state index in [1.165, 1.54) is 11.3 Å². The fourth-order valence-electron chi connectivity index (χ4n) is 1.45. The molecule has 3 nitrogen and oxygen atoms in total. The lowest BCUT2D eigenvalue weighted by atomic mass is 10.1. The van der Waals surface area contributed by atoms with Crippen LogP contribution < -0.4 is 11.1 Å². The molecular formula is C12H10Cl2N2OS. The fraction of sp³-hybridized carbons (Fsp3) is 0.0833. The monoisotopic (exact) mass is 300 g/mol. The Kier molecular flexibility index (Phi) is 4.11. The highest BCUT2D eigenvalue weighted by atomic mass is 35.5. The van der Waals surface area contributed by atoms with E-state index < -0.39 is 0 Å². The van der Waals surface area contributed by atoms with Gasteiger partial charge in [-0.25, -0.2) is 0 Å². The Morgan fingerprint density at radius 3 is 2.67 bits per heavy atom. The second-order valence-electron chi connectivity index (χ2n) is 3.62. The molecule has 1 heterocycles. The molecular weight excluding hydrogens is 291 g/mol. The van der Waals surface area contributed by atoms with Crippen LogP contribution in [0, 0.1) is 0 Å². The van der Waals surface area contributed by atoms with Gasteiger partial charge in [0.15, 0.2) is 0 Å². The van der Waals surface area contributed by atoms with Crippen molar-refractivity contribution in [2.45, 2.75) is 6.54 Å². The Labute approximate surface area is 119 Å². The number of hydrogen-bond acceptors (Lipinski definition) is 3. The average molecular weight is 301 g/mol. The van der Waals surface area contributed by atoms with Crippen molar-refractivity contribution < 1.29 is 4.79 Å². The molecule has 2 rings (SSSR count). The van der Waals surface area contributed by atoms with E-state index in [4.69, 9.17) is 28.9 Å². The molecule has 6 heteroatoms. The summed E-state index contributed by atoms with van der Waals surface area (Å²) < 4.78 is 0.699. The van der Waals surface area contributed by atoms with Crippen LogP contribution in [0.5, 0.6) is 0 Å². The first-order chi connectivity index (χ1) is 8.56. The average Bonchev–Trinajstić information content (AvgIpc) is 2.72. The number of thiophene rings is 1. The molecule has 2 aromatic rings. The van der Waals surface area contributed by atoms with E-state index in [0.717, 1.165) is 4.88 Å². The summed E-state index contributed by atoms with van der Waals surface area (Å²) in [7, 11) is 0. The first-order valence-corrected chi connectivity index (χ1v) is 6.71. The third-order valence-electron chi connectivity index (χ3n) is 2.31. The molecule has 1 aromatic carbocycles. The number of nitrogens with one attached hydrogen (secondary N) is 1. The lowest BCUT2D eigenvalue weighted by Crippen LogP contribution is -2.23. The van der Waals surface area contributed by atoms with E-state index in [-0.39, 0.29) is 5.91 Å². The molecule has 0 unspecified atom stereocenters. The largest absolute Gasteiger partial charge is 0.398 e. The van der Waals surface area contributed by atoms with Crippen LogP contribution in [-0.4, -0.2) is 5.91 Å². The third-order valence-corrected chi connectivity index (χ3v) is 3.78. The van der Waals surface area contributed by atoms with Crippen molar-refractivity contribution in [1.29, 1.82) is 0 Å². The van der Waals surface area contributed by atoms with Gasteiger partial charge in [0.2, 0.25) is 0 Å². The number of amides is 1. The van der Waals surface area contributed by atoms with E-state index in [9.17, 15) is 4.79 Å². The Balaban J connectivity index is 2.03. The Hall–Kier alpha value is -1.23. The predicted molar refractivity (Wildman–Crippen MR) is 76.4 cm³/mol. The van der Waals surface area contributed by atoms with Gasteiger partial charge in [-0.2, -0.15) is 0 Å². The Bertz CT molecular complexity index is 583. The maximum absolute atomic E-state index is 11.9. The van der Waals surface area contributed by atoms with Gasteiger partial charge in [0, 0.05) is 15.6 Å². The predicted octanol–water partition coefficient (Wildman–Crippen LogP) is 3.57. The van der Waals surface area contributed by atoms with Crippen LogP contribution in [0.2, 0.25) is 9.36 Å². The van der Waals surface area contributed by atoms with Crippen molar-refractivity contribution in [1.82, 2.24) is 5.32 Å². The summed E-state index contributed by atoms with van der Waals surface area (Å²) in [6, 6.07) is 8.46. The minimum Gasteiger partial charge on any atom is -0.398 e. The van der Waals surface area contributed by atoms with E-state index in [1.54, 1.807) is 24.3 Å². The molecule has 1 amide bonds. The smallest absolute Gasteiger partial charge is 0.253 e. The molecule has 0 radical (unpaired) electrons. The molecule has 0 aliphatic carbocycles. The number of benzene rings is 1. The summed E-state index contributed by atoms with van der Waals surface area (Å²) in [6.07, 6.45) is 0. The topological polar surface area (TPSA) is 55.1 Å². The highest BCUT2D eigenvalue weighted by Crippen LogP contribution is 2.22. The van der Waals surface area contributed by atoms with Crippen molar-refractivity contribution in [3.63, 3.8) is 0 Å². The van der Waals surface area contributed by atoms with Crippen molar-refractivity contribution in [2.75, 3.05) is 5.73 Å². The van der Waals surface area contributed by atoms with Gasteiger partial charge < -0.3 is 11.1 Å². The van der Waals surface area contributed by atoms with Gasteiger partial charge in [-0.3, -0.25) is 4.79 Å². The molecule has 0 fully saturated rings. The highest BCUT2D eigenvalue weighted by molar-refractivity contribution is 7.16. The third kappa shape index (κ3) is 3.16. The number of carbonyl (C=O) groups excluding carboxylic acids is 1. The van der Waals surface area contributed by atoms with Crippen LogP contribution in [0.4, 0.5) is 5.69 Å². The molecule has 3 N–H and O–H groups in total. The highest BCUT2D eigenvalue weighted by Gasteiger charge is 2.10. The molecule has 0 saturated heterocycles. The SMILES string of the molecule is Nc1cc(Cl)ccc1C(=O)NCc1ccc(Cl)s1. The quantitative estimate of drug-likeness (QED) is 0.852. The molecule has 94 valence electrons. The van der Waals surface area contributed by atoms with Crippen LogP contribution in [-0.2, 0) is 6.54 Å². The zero-order chi connectivity index (χ0) is 13.1. The summed E-state index contributed by atoms with van der Waals surface area (Å²) in [5.41, 5.74) is 6.52. The van der Waals surface area contributed by atoms with Gasteiger partial charge in [-0.05, 0) is 30.3 Å². The number of carbonyl (C=O) groups is 1. The van der Waals surface area contributed by atoms with Crippen LogP contribution in [0.25, 0.3) is 0 Å². The molecule has 0 atom stereocenters. The summed E-state index contributed by atoms with van der Waals surface area (Å²) in [6.45, 7) is 0.429. The molecule has 1 aromatic heterocycles. The van der Waals surface area contributed by atoms with E-state index >= 15 is 0 Å². The molecule has 0 bridgehead atoms. The number of anilines is 1. The fourth-order valence-corrected chi connectivity index (χ4v) is 2.66. The summed E-state index contributed by atoms with van der Waals surface area (Å²) in [5.74, 6) is -0.228. The van der Waals surface area contributed by atoms with E-state index in [0.29, 0.717) is 27.2 Å². The standard InChI is InChI=1S/C12H10Cl2N2OS/c13-7-1-3-9(10(15)5-7)12(17)16-6-8-2-4-11(14)18-8/h1-5H,6,15H2,(H,16,17). The number of nitrogen functional groups attached to an aromatic ring is 1. The van der Waals surface area contributed by atoms with Crippen LogP contribution in [0.15, 0.2) is 30.3 Å². The van der Waals surface area contributed by atoms with Gasteiger partial charge in [-0.15, -0.1) is 11.3 Å². The number of rotatable bonds is 3. The molecule has 0 aliphatic heterocycles. The normalized spacial score (nSPS) is 10.3. The minimum atomic E-state index is -0.228. The van der Waals surface area contributed by atoms with Gasteiger partial charge in [0.1, 0.15) is 0 Å². The zero-order valence-electron chi connectivity index (χ0n) is 9.24. The van der Waals surface area contributed by atoms with Gasteiger partial charge >= 0.3 is 0 Å². The maximum atomic E-state index is 11.9. The second-order valence-corrected chi connectivity index (χ2v) is 5.86. The minimum absolute atomic E-state index is 0.228. The van der Waals surface area contributed by atoms with Crippen LogP contribution >= 0.6 is 34.5 Å². The van der Waals surface area contributed by atoms with E-state index in [1.807, 2.05) is 6.07 Å². The van der Waals surface area contributed by atoms with Crippen molar-refractivity contribution in [2.24, 2.45) is 0 Å². The molecule has 0 spiro atoms. The summed E-state index contributed by atoms with van der Waals surface area (Å²) in [4.78, 5) is 12.9. The maximum Gasteiger partial charge on any atom is 0.253 e. The van der Waals surface area contributed by atoms with Crippen LogP contribution in [0.1, 0.15) is 15.2 Å². The van der Waals surface area contributed by atoms with Gasteiger partial charge in [0.05, 0.1) is 16.4 Å². The molecule has 0 saturated carbocycles. The summed E-state index contributed by atoms with van der Waals surface area (Å²) in [5, 5.41) is 3.29. The number of hydrogen-bond donors (Lipinski definition) is 2. The first kappa shape index (κ1) is 13.2. The summed E-state index contributed by atoms with van der Waals surface area (Å²) >= 11 is 13.0. The van der Waals surface area contributed by atoms with E-state index in [2.05, 4.69) is 5.32 Å². The van der Waals surface area contributed by atoms with Gasteiger partial charge in [-0.1, -0.05) is 23.2 Å². The number of halogens is 2. The number of nitrogens with two attached hydrogens (primary N) is 1. The molecule has 18 heavy (non-hydrogen) atoms. The van der Waals surface area contributed by atoms with Gasteiger partial charge in [0.25, 0.3) is 5.91 Å². The first-order valence-electron chi connectivity index (χ1n) is 5.13. The van der Waals surface area contributed by atoms with Crippen molar-refractivity contribution in [3.8, 4) is 0 Å². The second kappa shape index (κ2) is 5.61. The lowest BCUT2D eigenvalue weighted by molar-refractivity contribution is 0.0952. The van der Waals surface area contributed by atoms with Crippen LogP contribution in [0.3, 0.4) is 0 Å². The zero-order valence-corrected chi connectivity index (χ0v) is 11.6.